The van der Waals surface area contributed by atoms with E-state index in [1.54, 1.807) is 7.05 Å². The van der Waals surface area contributed by atoms with Gasteiger partial charge in [-0.05, 0) is 37.6 Å². The smallest absolute Gasteiger partial charge is 0.236 e. The second-order valence-electron chi connectivity index (χ2n) is 4.61. The van der Waals surface area contributed by atoms with E-state index >= 15 is 0 Å². The lowest BCUT2D eigenvalue weighted by atomic mass is 10.0. The number of anilines is 1. The maximum absolute atomic E-state index is 11.7. The Balaban J connectivity index is 2.78. The molecule has 0 unspecified atom stereocenters. The van der Waals surface area contributed by atoms with Crippen LogP contribution in [-0.2, 0) is 16.1 Å². The zero-order valence-corrected chi connectivity index (χ0v) is 12.1. The van der Waals surface area contributed by atoms with Crippen molar-refractivity contribution in [3.8, 4) is 0 Å². The summed E-state index contributed by atoms with van der Waals surface area (Å²) in [5, 5.41) is 5.82. The van der Waals surface area contributed by atoms with Crippen LogP contribution in [0.4, 0.5) is 10.5 Å². The van der Waals surface area contributed by atoms with Crippen LogP contribution in [0.3, 0.4) is 0 Å². The monoisotopic (exact) mass is 274 g/mol. The largest absolute Gasteiger partial charge is 0.470 e. The Morgan fingerprint density at radius 3 is 2.35 bits per heavy atom. The molecule has 0 heterocycles. The summed E-state index contributed by atoms with van der Waals surface area (Å²) in [5.74, 6) is -0.837. The van der Waals surface area contributed by atoms with Gasteiger partial charge in [0.25, 0.3) is 0 Å². The van der Waals surface area contributed by atoms with Gasteiger partial charge in [0.05, 0.1) is 0 Å². The highest BCUT2D eigenvalue weighted by atomic mass is 16.5. The first-order valence-corrected chi connectivity index (χ1v) is 6.41. The number of carbonyl (C=O) groups is 2. The fourth-order valence-corrected chi connectivity index (χ4v) is 1.93. The molecule has 1 rings (SSSR count). The van der Waals surface area contributed by atoms with Crippen LogP contribution in [0.15, 0.2) is 12.1 Å². The number of hydrogen-bond acceptors (Lipinski definition) is 4. The molecule has 1 amide bonds. The molecule has 6 heteroatoms. The number of ether oxygens (including phenoxy) is 1. The summed E-state index contributed by atoms with van der Waals surface area (Å²) in [5.41, 5.74) is 3.48. The molecule has 0 saturated carbocycles. The van der Waals surface area contributed by atoms with Gasteiger partial charge in [-0.1, -0.05) is 12.1 Å². The molecule has 0 saturated heterocycles. The topological polar surface area (TPSA) is 67.4 Å². The second kappa shape index (κ2) is 7.70. The fourth-order valence-electron chi connectivity index (χ4n) is 1.93. The molecule has 20 heavy (non-hydrogen) atoms. The molecule has 0 bridgehead atoms. The third kappa shape index (κ3) is 5.05. The van der Waals surface area contributed by atoms with Crippen LogP contribution in [0, 0.1) is 13.8 Å². The van der Waals surface area contributed by atoms with Gasteiger partial charge in [-0.2, -0.15) is 0 Å². The molecule has 0 aliphatic heterocycles. The number of benzene rings is 1. The van der Waals surface area contributed by atoms with Crippen LogP contribution >= 0.6 is 0 Å². The predicted octanol–water partition coefficient (Wildman–Crippen LogP) is 1.66. The maximum atomic E-state index is 11.7. The zero-order chi connectivity index (χ0) is 15.1. The molecule has 1 aromatic carbocycles. The van der Waals surface area contributed by atoms with Crippen LogP contribution in [0.1, 0.15) is 23.1 Å². The molecule has 0 aliphatic rings. The first kappa shape index (κ1) is 16.2. The third-order valence-corrected chi connectivity index (χ3v) is 2.84. The van der Waals surface area contributed by atoms with Crippen LogP contribution in [0.2, 0.25) is 0 Å². The molecule has 0 spiro atoms. The number of amides is 1. The lowest BCUT2D eigenvalue weighted by Crippen LogP contribution is -2.19. The Labute approximate surface area is 120 Å². The van der Waals surface area contributed by atoms with Gasteiger partial charge in [0.15, 0.2) is 0 Å². The molecule has 0 aliphatic carbocycles. The van der Waals surface area contributed by atoms with Gasteiger partial charge in [-0.3, -0.25) is 9.59 Å². The van der Waals surface area contributed by atoms with Crippen LogP contribution in [-0.4, -0.2) is 33.2 Å². The summed E-state index contributed by atoms with van der Waals surface area (Å²) in [6.45, 7) is 4.56. The van der Waals surface area contributed by atoms with E-state index < -0.39 is 5.87 Å². The number of nitrogens with one attached hydrogen (secondary N) is 2. The Kier molecular flexibility index (Phi) is 6.25. The summed E-state index contributed by atoms with van der Waals surface area (Å²) in [6, 6.07) is 3.73. The van der Waals surface area contributed by atoms with Gasteiger partial charge in [0, 0.05) is 18.7 Å². The predicted molar refractivity (Wildman–Crippen MR) is 79.0 cm³/mol. The SMILES string of the molecule is [B]C(=O)OCc1cc(C)c(NC(=O)CCNC)c(C)c1. The minimum atomic E-state index is -0.801. The van der Waals surface area contributed by atoms with Crippen molar-refractivity contribution in [3.63, 3.8) is 0 Å². The van der Waals surface area contributed by atoms with Crippen molar-refractivity contribution in [2.75, 3.05) is 18.9 Å². The van der Waals surface area contributed by atoms with Crippen LogP contribution < -0.4 is 10.6 Å². The van der Waals surface area contributed by atoms with E-state index in [-0.39, 0.29) is 12.5 Å². The number of aryl methyl sites for hydroxylation is 2. The summed E-state index contributed by atoms with van der Waals surface area (Å²) in [7, 11) is 6.74. The van der Waals surface area contributed by atoms with E-state index in [9.17, 15) is 9.59 Å². The average Bonchev–Trinajstić information content (AvgIpc) is 2.38. The van der Waals surface area contributed by atoms with Crippen molar-refractivity contribution in [1.29, 1.82) is 0 Å². The van der Waals surface area contributed by atoms with Crippen molar-refractivity contribution >= 4 is 25.3 Å². The van der Waals surface area contributed by atoms with E-state index in [1.165, 1.54) is 0 Å². The van der Waals surface area contributed by atoms with Crippen molar-refractivity contribution < 1.29 is 14.3 Å². The molecule has 0 atom stereocenters. The van der Waals surface area contributed by atoms with Crippen molar-refractivity contribution in [2.24, 2.45) is 0 Å². The van der Waals surface area contributed by atoms with Crippen LogP contribution in [0.25, 0.3) is 0 Å². The summed E-state index contributed by atoms with van der Waals surface area (Å²) in [4.78, 5) is 22.3. The number of hydrogen-bond donors (Lipinski definition) is 2. The highest BCUT2D eigenvalue weighted by molar-refractivity contribution is 6.55. The normalized spacial score (nSPS) is 10.2. The standard InChI is InChI=1S/C14H19BN2O3/c1-9-6-11(8-20-14(15)19)7-10(2)13(9)17-12(18)4-5-16-3/h6-7,16H,4-5,8H2,1-3H3,(H,17,18). The third-order valence-electron chi connectivity index (χ3n) is 2.84. The van der Waals surface area contributed by atoms with Gasteiger partial charge in [-0.15, -0.1) is 0 Å². The molecule has 2 N–H and O–H groups in total. The first-order chi connectivity index (χ1) is 9.43. The molecule has 0 aromatic heterocycles. The van der Waals surface area contributed by atoms with Crippen molar-refractivity contribution in [3.05, 3.63) is 28.8 Å². The van der Waals surface area contributed by atoms with Crippen molar-refractivity contribution in [1.82, 2.24) is 5.32 Å². The van der Waals surface area contributed by atoms with E-state index in [4.69, 9.17) is 12.6 Å². The molecule has 1 aromatic rings. The lowest BCUT2D eigenvalue weighted by Gasteiger charge is -2.14. The molecule has 5 nitrogen and oxygen atoms in total. The molecular formula is C14H19BN2O3. The van der Waals surface area contributed by atoms with Gasteiger partial charge >= 0.3 is 0 Å². The minimum Gasteiger partial charge on any atom is -0.470 e. The Hall–Kier alpha value is -1.82. The second-order valence-corrected chi connectivity index (χ2v) is 4.61. The van der Waals surface area contributed by atoms with E-state index in [1.807, 2.05) is 26.0 Å². The first-order valence-electron chi connectivity index (χ1n) is 6.41. The lowest BCUT2D eigenvalue weighted by molar-refractivity contribution is -0.116. The van der Waals surface area contributed by atoms with Gasteiger partial charge in [0.1, 0.15) is 6.61 Å². The maximum Gasteiger partial charge on any atom is 0.236 e. The molecular weight excluding hydrogens is 255 g/mol. The summed E-state index contributed by atoms with van der Waals surface area (Å²) < 4.78 is 4.76. The fraction of sp³-hybridized carbons (Fsp3) is 0.429. The zero-order valence-electron chi connectivity index (χ0n) is 12.1. The molecule has 106 valence electrons. The van der Waals surface area contributed by atoms with Crippen LogP contribution in [0.5, 0.6) is 0 Å². The van der Waals surface area contributed by atoms with E-state index in [0.717, 1.165) is 22.4 Å². The highest BCUT2D eigenvalue weighted by Crippen LogP contribution is 2.23. The van der Waals surface area contributed by atoms with Gasteiger partial charge in [0.2, 0.25) is 19.6 Å². The van der Waals surface area contributed by atoms with Gasteiger partial charge < -0.3 is 15.4 Å². The van der Waals surface area contributed by atoms with E-state index in [0.29, 0.717) is 13.0 Å². The summed E-state index contributed by atoms with van der Waals surface area (Å²) in [6.07, 6.45) is 0.419. The Bertz CT molecular complexity index is 480. The average molecular weight is 274 g/mol. The quantitative estimate of drug-likeness (QED) is 0.774. The molecule has 2 radical (unpaired) electrons. The van der Waals surface area contributed by atoms with Gasteiger partial charge in [-0.25, -0.2) is 0 Å². The Morgan fingerprint density at radius 2 is 1.85 bits per heavy atom. The van der Waals surface area contributed by atoms with Crippen molar-refractivity contribution in [2.45, 2.75) is 26.9 Å². The number of rotatable bonds is 6. The van der Waals surface area contributed by atoms with E-state index in [2.05, 4.69) is 10.6 Å². The highest BCUT2D eigenvalue weighted by Gasteiger charge is 2.09. The Morgan fingerprint density at radius 1 is 1.25 bits per heavy atom. The minimum absolute atomic E-state index is 0.0355. The summed E-state index contributed by atoms with van der Waals surface area (Å²) >= 11 is 0. The molecule has 0 fully saturated rings. The number of carbonyl (C=O) groups excluding carboxylic acids is 2.